The fraction of sp³-hybridized carbons (Fsp3) is 0.364. The third-order valence-corrected chi connectivity index (χ3v) is 4.87. The Bertz CT molecular complexity index is 631. The van der Waals surface area contributed by atoms with Crippen molar-refractivity contribution in [2.45, 2.75) is 11.3 Å². The second kappa shape index (κ2) is 7.30. The lowest BCUT2D eigenvalue weighted by molar-refractivity contribution is 0.0952. The molecule has 1 rings (SSSR count). The Morgan fingerprint density at radius 1 is 1.45 bits per heavy atom. The number of sulfonamides is 1. The average molecular weight is 383 g/mol. The normalized spacial score (nSPS) is 12.9. The van der Waals surface area contributed by atoms with E-state index in [0.29, 0.717) is 23.2 Å². The zero-order valence-electron chi connectivity index (χ0n) is 10.8. The molecule has 20 heavy (non-hydrogen) atoms. The Labute approximate surface area is 128 Å². The number of halogens is 1. The van der Waals surface area contributed by atoms with Gasteiger partial charge in [0.15, 0.2) is 0 Å². The third-order valence-electron chi connectivity index (χ3n) is 2.41. The minimum Gasteiger partial charge on any atom is -0.352 e. The predicted molar refractivity (Wildman–Crippen MR) is 81.4 cm³/mol. The van der Waals surface area contributed by atoms with Gasteiger partial charge in [-0.3, -0.25) is 9.00 Å². The summed E-state index contributed by atoms with van der Waals surface area (Å²) in [5.41, 5.74) is 0.189. The van der Waals surface area contributed by atoms with Crippen LogP contribution in [0.3, 0.4) is 0 Å². The SMILES string of the molecule is CS(=O)CCCNC(=O)c1cc(S(N)(=O)=O)ccc1Br. The van der Waals surface area contributed by atoms with Crippen molar-refractivity contribution >= 4 is 42.7 Å². The Hall–Kier alpha value is -0.770. The molecule has 1 atom stereocenters. The molecular formula is C11H15BrN2O4S2. The van der Waals surface area contributed by atoms with E-state index < -0.39 is 26.7 Å². The molecule has 1 amide bonds. The first-order valence-electron chi connectivity index (χ1n) is 5.62. The average Bonchev–Trinajstić information content (AvgIpc) is 2.33. The van der Waals surface area contributed by atoms with Crippen molar-refractivity contribution in [1.29, 1.82) is 0 Å². The molecule has 1 aromatic carbocycles. The molecule has 0 aliphatic carbocycles. The number of carbonyl (C=O) groups excluding carboxylic acids is 1. The Kier molecular flexibility index (Phi) is 6.31. The highest BCUT2D eigenvalue weighted by molar-refractivity contribution is 9.10. The van der Waals surface area contributed by atoms with E-state index in [-0.39, 0.29) is 10.5 Å². The molecular weight excluding hydrogens is 368 g/mol. The van der Waals surface area contributed by atoms with Gasteiger partial charge in [-0.15, -0.1) is 0 Å². The molecule has 1 aromatic rings. The standard InChI is InChI=1S/C11H15BrN2O4S2/c1-19(16)6-2-5-14-11(15)9-7-8(20(13,17)18)3-4-10(9)12/h3-4,7H,2,5-6H2,1H3,(H,14,15)(H2,13,17,18). The van der Waals surface area contributed by atoms with Crippen molar-refractivity contribution in [3.63, 3.8) is 0 Å². The van der Waals surface area contributed by atoms with Gasteiger partial charge in [-0.2, -0.15) is 0 Å². The maximum Gasteiger partial charge on any atom is 0.252 e. The van der Waals surface area contributed by atoms with Crippen LogP contribution in [0, 0.1) is 0 Å². The van der Waals surface area contributed by atoms with E-state index >= 15 is 0 Å². The van der Waals surface area contributed by atoms with Gasteiger partial charge in [0, 0.05) is 33.8 Å². The number of primary sulfonamides is 1. The highest BCUT2D eigenvalue weighted by Crippen LogP contribution is 2.20. The van der Waals surface area contributed by atoms with Gasteiger partial charge < -0.3 is 5.32 Å². The quantitative estimate of drug-likeness (QED) is 0.702. The van der Waals surface area contributed by atoms with Crippen molar-refractivity contribution < 1.29 is 17.4 Å². The van der Waals surface area contributed by atoms with Gasteiger partial charge in [-0.05, 0) is 40.5 Å². The maximum atomic E-state index is 11.9. The number of nitrogens with one attached hydrogen (secondary N) is 1. The number of carbonyl (C=O) groups is 1. The summed E-state index contributed by atoms with van der Waals surface area (Å²) < 4.78 is 33.9. The molecule has 0 saturated carbocycles. The van der Waals surface area contributed by atoms with E-state index in [4.69, 9.17) is 5.14 Å². The molecule has 0 saturated heterocycles. The van der Waals surface area contributed by atoms with Crippen LogP contribution in [0.4, 0.5) is 0 Å². The zero-order valence-corrected chi connectivity index (χ0v) is 14.0. The number of hydrogen-bond donors (Lipinski definition) is 2. The summed E-state index contributed by atoms with van der Waals surface area (Å²) in [6.45, 7) is 0.366. The highest BCUT2D eigenvalue weighted by Gasteiger charge is 2.15. The molecule has 0 radical (unpaired) electrons. The van der Waals surface area contributed by atoms with Gasteiger partial charge in [-0.1, -0.05) is 0 Å². The van der Waals surface area contributed by atoms with Gasteiger partial charge in [-0.25, -0.2) is 13.6 Å². The van der Waals surface area contributed by atoms with Crippen molar-refractivity contribution in [2.24, 2.45) is 5.14 Å². The summed E-state index contributed by atoms with van der Waals surface area (Å²) in [6, 6.07) is 3.99. The van der Waals surface area contributed by atoms with Crippen LogP contribution >= 0.6 is 15.9 Å². The third kappa shape index (κ3) is 5.31. The van der Waals surface area contributed by atoms with Gasteiger partial charge in [0.2, 0.25) is 10.0 Å². The van der Waals surface area contributed by atoms with Crippen molar-refractivity contribution in [3.8, 4) is 0 Å². The van der Waals surface area contributed by atoms with Crippen molar-refractivity contribution in [2.75, 3.05) is 18.6 Å². The smallest absolute Gasteiger partial charge is 0.252 e. The molecule has 0 heterocycles. The minimum atomic E-state index is -3.85. The first-order chi connectivity index (χ1) is 9.21. The van der Waals surface area contributed by atoms with Crippen LogP contribution in [0.5, 0.6) is 0 Å². The molecule has 112 valence electrons. The van der Waals surface area contributed by atoms with Crippen LogP contribution < -0.4 is 10.5 Å². The summed E-state index contributed by atoms with van der Waals surface area (Å²) >= 11 is 3.18. The molecule has 0 fully saturated rings. The largest absolute Gasteiger partial charge is 0.352 e. The second-order valence-electron chi connectivity index (χ2n) is 4.07. The summed E-state index contributed by atoms with van der Waals surface area (Å²) in [4.78, 5) is 11.8. The maximum absolute atomic E-state index is 11.9. The summed E-state index contributed by atoms with van der Waals surface area (Å²) in [6.07, 6.45) is 2.18. The van der Waals surface area contributed by atoms with Crippen molar-refractivity contribution in [1.82, 2.24) is 5.32 Å². The van der Waals surface area contributed by atoms with Crippen LogP contribution in [-0.2, 0) is 20.8 Å². The van der Waals surface area contributed by atoms with Gasteiger partial charge in [0.25, 0.3) is 5.91 Å². The lowest BCUT2D eigenvalue weighted by Gasteiger charge is -2.08. The van der Waals surface area contributed by atoms with E-state index in [1.165, 1.54) is 18.2 Å². The van der Waals surface area contributed by atoms with E-state index in [1.54, 1.807) is 6.26 Å². The van der Waals surface area contributed by atoms with Crippen LogP contribution in [0.15, 0.2) is 27.6 Å². The number of nitrogens with two attached hydrogens (primary N) is 1. The molecule has 0 bridgehead atoms. The Morgan fingerprint density at radius 3 is 2.65 bits per heavy atom. The molecule has 6 nitrogen and oxygen atoms in total. The van der Waals surface area contributed by atoms with Gasteiger partial charge >= 0.3 is 0 Å². The van der Waals surface area contributed by atoms with E-state index in [1.807, 2.05) is 0 Å². The van der Waals surface area contributed by atoms with Crippen LogP contribution in [-0.4, -0.2) is 37.1 Å². The highest BCUT2D eigenvalue weighted by atomic mass is 79.9. The van der Waals surface area contributed by atoms with E-state index in [0.717, 1.165) is 0 Å². The Balaban J connectivity index is 2.80. The molecule has 0 aromatic heterocycles. The van der Waals surface area contributed by atoms with E-state index in [2.05, 4.69) is 21.2 Å². The topological polar surface area (TPSA) is 106 Å². The number of hydrogen-bond acceptors (Lipinski definition) is 4. The number of amides is 1. The molecule has 0 aliphatic rings. The molecule has 0 aliphatic heterocycles. The Morgan fingerprint density at radius 2 is 2.10 bits per heavy atom. The zero-order chi connectivity index (χ0) is 15.3. The minimum absolute atomic E-state index is 0.125. The molecule has 1 unspecified atom stereocenters. The van der Waals surface area contributed by atoms with Gasteiger partial charge in [0.05, 0.1) is 10.5 Å². The second-order valence-corrected chi connectivity index (χ2v) is 8.04. The monoisotopic (exact) mass is 382 g/mol. The van der Waals surface area contributed by atoms with Crippen LogP contribution in [0.2, 0.25) is 0 Å². The lowest BCUT2D eigenvalue weighted by atomic mass is 10.2. The molecule has 9 heteroatoms. The van der Waals surface area contributed by atoms with Crippen molar-refractivity contribution in [3.05, 3.63) is 28.2 Å². The lowest BCUT2D eigenvalue weighted by Crippen LogP contribution is -2.26. The summed E-state index contributed by atoms with van der Waals surface area (Å²) in [5.74, 6) is 0.0860. The predicted octanol–water partition coefficient (Wildman–Crippen LogP) is 0.595. The fourth-order valence-corrected chi connectivity index (χ4v) is 2.95. The van der Waals surface area contributed by atoms with Crippen LogP contribution in [0.1, 0.15) is 16.8 Å². The fourth-order valence-electron chi connectivity index (χ4n) is 1.43. The molecule has 0 spiro atoms. The number of benzene rings is 1. The first kappa shape index (κ1) is 17.3. The summed E-state index contributed by atoms with van der Waals surface area (Å²) in [7, 11) is -4.75. The van der Waals surface area contributed by atoms with Crippen LogP contribution in [0.25, 0.3) is 0 Å². The first-order valence-corrected chi connectivity index (χ1v) is 9.69. The van der Waals surface area contributed by atoms with E-state index in [9.17, 15) is 17.4 Å². The van der Waals surface area contributed by atoms with Gasteiger partial charge in [0.1, 0.15) is 0 Å². The number of rotatable bonds is 6. The summed E-state index contributed by atoms with van der Waals surface area (Å²) in [5, 5.41) is 7.66. The molecule has 3 N–H and O–H groups in total.